The van der Waals surface area contributed by atoms with Crippen LogP contribution in [0.2, 0.25) is 0 Å². The van der Waals surface area contributed by atoms with Gasteiger partial charge in [0, 0.05) is 29.6 Å². The van der Waals surface area contributed by atoms with Crippen molar-refractivity contribution in [3.63, 3.8) is 0 Å². The molecule has 0 radical (unpaired) electrons. The number of aryl methyl sites for hydroxylation is 2. The number of carbonyl (C=O) groups excluding carboxylic acids is 1. The standard InChI is InChI=1S/C28H29N3O3/c1-5-33-24-13-11-22(18-25(24)34-6-2)29-27(32)14-12-23-28(21-9-7-19(3)8-10-21)30-26-17-20(4)15-16-31(23)26/h7-18H,5-6H2,1-4H3,(H,29,32)/b14-12+. The van der Waals surface area contributed by atoms with Crippen LogP contribution in [0.1, 0.15) is 30.7 Å². The van der Waals surface area contributed by atoms with Crippen molar-refractivity contribution in [3.05, 3.63) is 83.7 Å². The van der Waals surface area contributed by atoms with E-state index >= 15 is 0 Å². The van der Waals surface area contributed by atoms with Crippen molar-refractivity contribution in [2.45, 2.75) is 27.7 Å². The zero-order valence-electron chi connectivity index (χ0n) is 20.0. The first-order valence-corrected chi connectivity index (χ1v) is 11.4. The van der Waals surface area contributed by atoms with Gasteiger partial charge in [-0.15, -0.1) is 0 Å². The smallest absolute Gasteiger partial charge is 0.248 e. The molecule has 174 valence electrons. The van der Waals surface area contributed by atoms with E-state index in [0.717, 1.165) is 28.2 Å². The highest BCUT2D eigenvalue weighted by Crippen LogP contribution is 2.31. The summed E-state index contributed by atoms with van der Waals surface area (Å²) < 4.78 is 13.2. The highest BCUT2D eigenvalue weighted by Gasteiger charge is 2.13. The zero-order valence-corrected chi connectivity index (χ0v) is 20.0. The maximum Gasteiger partial charge on any atom is 0.248 e. The van der Waals surface area contributed by atoms with Gasteiger partial charge in [0.15, 0.2) is 11.5 Å². The summed E-state index contributed by atoms with van der Waals surface area (Å²) in [7, 11) is 0. The van der Waals surface area contributed by atoms with Crippen molar-refractivity contribution < 1.29 is 14.3 Å². The van der Waals surface area contributed by atoms with Crippen LogP contribution in [0.25, 0.3) is 23.0 Å². The molecule has 0 aliphatic heterocycles. The molecule has 0 aliphatic rings. The predicted octanol–water partition coefficient (Wildman–Crippen LogP) is 6.07. The maximum atomic E-state index is 12.8. The molecule has 0 fully saturated rings. The van der Waals surface area contributed by atoms with E-state index in [1.54, 1.807) is 24.3 Å². The minimum Gasteiger partial charge on any atom is -0.490 e. The van der Waals surface area contributed by atoms with Crippen molar-refractivity contribution >= 4 is 23.3 Å². The Morgan fingerprint density at radius 2 is 1.68 bits per heavy atom. The predicted molar refractivity (Wildman–Crippen MR) is 137 cm³/mol. The van der Waals surface area contributed by atoms with Crippen molar-refractivity contribution in [2.24, 2.45) is 0 Å². The van der Waals surface area contributed by atoms with E-state index in [-0.39, 0.29) is 5.91 Å². The van der Waals surface area contributed by atoms with Gasteiger partial charge in [-0.1, -0.05) is 29.8 Å². The number of nitrogens with one attached hydrogen (secondary N) is 1. The topological polar surface area (TPSA) is 64.9 Å². The lowest BCUT2D eigenvalue weighted by molar-refractivity contribution is -0.111. The summed E-state index contributed by atoms with van der Waals surface area (Å²) in [5.41, 5.74) is 6.45. The summed E-state index contributed by atoms with van der Waals surface area (Å²) >= 11 is 0. The fourth-order valence-corrected chi connectivity index (χ4v) is 3.72. The second-order valence-electron chi connectivity index (χ2n) is 7.99. The number of fused-ring (bicyclic) bond motifs is 1. The van der Waals surface area contributed by atoms with Crippen LogP contribution in [0, 0.1) is 13.8 Å². The van der Waals surface area contributed by atoms with Gasteiger partial charge in [-0.2, -0.15) is 0 Å². The Hall–Kier alpha value is -4.06. The highest BCUT2D eigenvalue weighted by atomic mass is 16.5. The van der Waals surface area contributed by atoms with Crippen molar-refractivity contribution in [2.75, 3.05) is 18.5 Å². The molecule has 2 aromatic carbocycles. The first-order valence-electron chi connectivity index (χ1n) is 11.4. The Kier molecular flexibility index (Phi) is 6.97. The Balaban J connectivity index is 1.63. The first-order chi connectivity index (χ1) is 16.5. The average Bonchev–Trinajstić information content (AvgIpc) is 3.17. The van der Waals surface area contributed by atoms with Crippen LogP contribution in [-0.2, 0) is 4.79 Å². The summed E-state index contributed by atoms with van der Waals surface area (Å²) in [4.78, 5) is 17.6. The number of imidazole rings is 1. The summed E-state index contributed by atoms with van der Waals surface area (Å²) in [5.74, 6) is 1.01. The molecule has 34 heavy (non-hydrogen) atoms. The molecule has 1 amide bonds. The molecule has 1 N–H and O–H groups in total. The third-order valence-corrected chi connectivity index (χ3v) is 5.35. The highest BCUT2D eigenvalue weighted by molar-refractivity contribution is 6.02. The van der Waals surface area contributed by atoms with Crippen LogP contribution in [0.3, 0.4) is 0 Å². The monoisotopic (exact) mass is 455 g/mol. The van der Waals surface area contributed by atoms with Crippen LogP contribution in [0.15, 0.2) is 66.9 Å². The number of rotatable bonds is 8. The van der Waals surface area contributed by atoms with E-state index < -0.39 is 0 Å². The minimum absolute atomic E-state index is 0.247. The summed E-state index contributed by atoms with van der Waals surface area (Å²) in [6.45, 7) is 8.97. The number of pyridine rings is 1. The van der Waals surface area contributed by atoms with Crippen molar-refractivity contribution in [1.29, 1.82) is 0 Å². The number of hydrogen-bond acceptors (Lipinski definition) is 4. The van der Waals surface area contributed by atoms with E-state index in [9.17, 15) is 4.79 Å². The fourth-order valence-electron chi connectivity index (χ4n) is 3.72. The number of amides is 1. The molecular formula is C28H29N3O3. The van der Waals surface area contributed by atoms with E-state index in [1.807, 2.05) is 43.5 Å². The Bertz CT molecular complexity index is 1340. The van der Waals surface area contributed by atoms with Gasteiger partial charge in [0.2, 0.25) is 5.91 Å². The van der Waals surface area contributed by atoms with E-state index in [4.69, 9.17) is 14.5 Å². The van der Waals surface area contributed by atoms with Gasteiger partial charge in [-0.25, -0.2) is 4.98 Å². The Labute approximate surface area is 199 Å². The molecule has 0 bridgehead atoms. The van der Waals surface area contributed by atoms with Gasteiger partial charge in [0.05, 0.1) is 24.6 Å². The van der Waals surface area contributed by atoms with Crippen LogP contribution in [-0.4, -0.2) is 28.5 Å². The number of aromatic nitrogens is 2. The molecule has 6 nitrogen and oxygen atoms in total. The number of hydrogen-bond donors (Lipinski definition) is 1. The number of nitrogens with zero attached hydrogens (tertiary/aromatic N) is 2. The van der Waals surface area contributed by atoms with E-state index in [0.29, 0.717) is 30.4 Å². The van der Waals surface area contributed by atoms with Gasteiger partial charge in [-0.05, 0) is 63.6 Å². The zero-order chi connectivity index (χ0) is 24.1. The third kappa shape index (κ3) is 5.12. The second kappa shape index (κ2) is 10.3. The third-order valence-electron chi connectivity index (χ3n) is 5.35. The fraction of sp³-hybridized carbons (Fsp3) is 0.214. The molecule has 0 atom stereocenters. The SMILES string of the molecule is CCOc1ccc(NC(=O)/C=C/c2c(-c3ccc(C)cc3)nc3cc(C)ccn23)cc1OCC. The lowest BCUT2D eigenvalue weighted by Gasteiger charge is -2.12. The lowest BCUT2D eigenvalue weighted by Crippen LogP contribution is -2.08. The van der Waals surface area contributed by atoms with E-state index in [1.165, 1.54) is 11.6 Å². The van der Waals surface area contributed by atoms with Crippen LogP contribution >= 0.6 is 0 Å². The minimum atomic E-state index is -0.247. The molecule has 0 unspecified atom stereocenters. The van der Waals surface area contributed by atoms with Crippen LogP contribution in [0.4, 0.5) is 5.69 Å². The second-order valence-corrected chi connectivity index (χ2v) is 7.99. The van der Waals surface area contributed by atoms with Crippen LogP contribution < -0.4 is 14.8 Å². The number of ether oxygens (including phenoxy) is 2. The largest absolute Gasteiger partial charge is 0.490 e. The normalized spacial score (nSPS) is 11.2. The van der Waals surface area contributed by atoms with Crippen molar-refractivity contribution in [3.8, 4) is 22.8 Å². The van der Waals surface area contributed by atoms with Gasteiger partial charge in [0.25, 0.3) is 0 Å². The lowest BCUT2D eigenvalue weighted by atomic mass is 10.1. The average molecular weight is 456 g/mol. The summed E-state index contributed by atoms with van der Waals surface area (Å²) in [6, 6.07) is 17.7. The number of benzene rings is 2. The molecule has 0 saturated heterocycles. The molecule has 4 aromatic rings. The van der Waals surface area contributed by atoms with Gasteiger partial charge < -0.3 is 14.8 Å². The van der Waals surface area contributed by atoms with E-state index in [2.05, 4.69) is 36.5 Å². The maximum absolute atomic E-state index is 12.8. The molecule has 6 heteroatoms. The number of anilines is 1. The summed E-state index contributed by atoms with van der Waals surface area (Å²) in [5, 5.41) is 2.91. The number of carbonyl (C=O) groups is 1. The molecule has 0 saturated carbocycles. The molecule has 2 heterocycles. The summed E-state index contributed by atoms with van der Waals surface area (Å²) in [6.07, 6.45) is 5.31. The first kappa shape index (κ1) is 23.1. The molecule has 0 spiro atoms. The molecular weight excluding hydrogens is 426 g/mol. The quantitative estimate of drug-likeness (QED) is 0.328. The van der Waals surface area contributed by atoms with Crippen LogP contribution in [0.5, 0.6) is 11.5 Å². The molecule has 2 aromatic heterocycles. The Morgan fingerprint density at radius 1 is 0.941 bits per heavy atom. The van der Waals surface area contributed by atoms with Gasteiger partial charge in [0.1, 0.15) is 5.65 Å². The Morgan fingerprint density at radius 3 is 2.41 bits per heavy atom. The van der Waals surface area contributed by atoms with Gasteiger partial charge in [-0.3, -0.25) is 9.20 Å². The molecule has 4 rings (SSSR count). The van der Waals surface area contributed by atoms with Crippen molar-refractivity contribution in [1.82, 2.24) is 9.38 Å². The molecule has 0 aliphatic carbocycles. The van der Waals surface area contributed by atoms with Gasteiger partial charge >= 0.3 is 0 Å².